The summed E-state index contributed by atoms with van der Waals surface area (Å²) in [7, 11) is 0. The van der Waals surface area contributed by atoms with E-state index in [1.807, 2.05) is 50.3 Å². The van der Waals surface area contributed by atoms with Gasteiger partial charge in [-0.1, -0.05) is 110 Å². The summed E-state index contributed by atoms with van der Waals surface area (Å²) in [4.78, 5) is 0. The summed E-state index contributed by atoms with van der Waals surface area (Å²) in [6.45, 7) is 8.15. The van der Waals surface area contributed by atoms with Gasteiger partial charge < -0.3 is 9.13 Å². The SMILES string of the molecule is C=Cc1c(/C=C\C)n(-c2cc(-c3ccccc3-c3ccccc3-n3c4c(c5ccccc53)CC(C)(C#N)C=C4)ccc2C#N)c2ccccc12. The second kappa shape index (κ2) is 12.1. The second-order valence-corrected chi connectivity index (χ2v) is 13.0. The average Bonchev–Trinajstić information content (AvgIpc) is 3.66. The fourth-order valence-electron chi connectivity index (χ4n) is 7.64. The Morgan fingerprint density at radius 1 is 0.740 bits per heavy atom. The van der Waals surface area contributed by atoms with E-state index in [2.05, 4.69) is 137 Å². The average molecular weight is 643 g/mol. The second-order valence-electron chi connectivity index (χ2n) is 13.0. The van der Waals surface area contributed by atoms with Crippen molar-refractivity contribution >= 4 is 40.0 Å². The molecule has 0 aliphatic heterocycles. The van der Waals surface area contributed by atoms with Crippen LogP contribution in [0.4, 0.5) is 0 Å². The molecule has 4 heteroatoms. The van der Waals surface area contributed by atoms with Crippen LogP contribution in [0.1, 0.15) is 41.9 Å². The number of benzene rings is 5. The van der Waals surface area contributed by atoms with Gasteiger partial charge in [0.05, 0.1) is 45.1 Å². The van der Waals surface area contributed by atoms with Crippen molar-refractivity contribution in [1.29, 1.82) is 10.5 Å². The van der Waals surface area contributed by atoms with E-state index in [-0.39, 0.29) is 0 Å². The molecule has 0 saturated carbocycles. The third-order valence-electron chi connectivity index (χ3n) is 9.94. The molecule has 0 amide bonds. The normalized spacial score (nSPS) is 15.3. The molecule has 2 aromatic heterocycles. The number of nitrogens with zero attached hydrogens (tertiary/aromatic N) is 4. The van der Waals surface area contributed by atoms with Gasteiger partial charge in [0.15, 0.2) is 0 Å². The number of hydrogen-bond acceptors (Lipinski definition) is 2. The molecule has 5 aromatic carbocycles. The van der Waals surface area contributed by atoms with E-state index < -0.39 is 5.41 Å². The first-order valence-corrected chi connectivity index (χ1v) is 16.9. The monoisotopic (exact) mass is 642 g/mol. The summed E-state index contributed by atoms with van der Waals surface area (Å²) < 4.78 is 4.53. The van der Waals surface area contributed by atoms with Crippen LogP contribution < -0.4 is 0 Å². The lowest BCUT2D eigenvalue weighted by Crippen LogP contribution is -2.18. The molecule has 0 fully saturated rings. The van der Waals surface area contributed by atoms with E-state index in [0.717, 1.165) is 67.0 Å². The van der Waals surface area contributed by atoms with Gasteiger partial charge in [-0.15, -0.1) is 0 Å². The maximum Gasteiger partial charge on any atom is 0.101 e. The first kappa shape index (κ1) is 30.7. The Kier molecular flexibility index (Phi) is 7.44. The number of fused-ring (bicyclic) bond motifs is 4. The minimum atomic E-state index is -0.550. The van der Waals surface area contributed by atoms with Crippen LogP contribution in [-0.4, -0.2) is 9.13 Å². The highest BCUT2D eigenvalue weighted by molar-refractivity contribution is 5.97. The van der Waals surface area contributed by atoms with Crippen molar-refractivity contribution in [3.63, 3.8) is 0 Å². The van der Waals surface area contributed by atoms with Crippen molar-refractivity contribution in [2.24, 2.45) is 5.41 Å². The number of allylic oxidation sites excluding steroid dienone is 2. The number of hydrogen-bond donors (Lipinski definition) is 0. The van der Waals surface area contributed by atoms with Gasteiger partial charge in [-0.2, -0.15) is 10.5 Å². The van der Waals surface area contributed by atoms with Crippen molar-refractivity contribution in [2.45, 2.75) is 20.3 Å². The smallest absolute Gasteiger partial charge is 0.101 e. The Morgan fingerprint density at radius 3 is 2.12 bits per heavy atom. The Morgan fingerprint density at radius 2 is 1.40 bits per heavy atom. The largest absolute Gasteiger partial charge is 0.309 e. The molecular weight excluding hydrogens is 609 g/mol. The maximum atomic E-state index is 10.4. The van der Waals surface area contributed by atoms with Crippen molar-refractivity contribution in [1.82, 2.24) is 9.13 Å². The molecule has 4 nitrogen and oxygen atoms in total. The third-order valence-corrected chi connectivity index (χ3v) is 9.94. The van der Waals surface area contributed by atoms with Gasteiger partial charge in [0.25, 0.3) is 0 Å². The first-order chi connectivity index (χ1) is 24.5. The van der Waals surface area contributed by atoms with Crippen molar-refractivity contribution in [3.05, 3.63) is 162 Å². The minimum Gasteiger partial charge on any atom is -0.309 e. The van der Waals surface area contributed by atoms with Crippen LogP contribution in [0, 0.1) is 28.1 Å². The summed E-state index contributed by atoms with van der Waals surface area (Å²) in [5.41, 5.74) is 12.7. The molecule has 7 aromatic rings. The molecule has 0 bridgehead atoms. The van der Waals surface area contributed by atoms with Crippen LogP contribution >= 0.6 is 0 Å². The van der Waals surface area contributed by atoms with Crippen molar-refractivity contribution < 1.29 is 0 Å². The molecule has 1 aliphatic carbocycles. The minimum absolute atomic E-state index is 0.550. The maximum absolute atomic E-state index is 10.4. The lowest BCUT2D eigenvalue weighted by Gasteiger charge is -2.23. The van der Waals surface area contributed by atoms with Gasteiger partial charge in [0.1, 0.15) is 6.07 Å². The topological polar surface area (TPSA) is 57.4 Å². The van der Waals surface area contributed by atoms with E-state index >= 15 is 0 Å². The van der Waals surface area contributed by atoms with E-state index in [1.165, 1.54) is 10.9 Å². The summed E-state index contributed by atoms with van der Waals surface area (Å²) in [5.74, 6) is 0. The van der Waals surface area contributed by atoms with Crippen LogP contribution in [0.15, 0.2) is 134 Å². The first-order valence-electron chi connectivity index (χ1n) is 16.9. The molecular formula is C46H34N4. The molecule has 0 radical (unpaired) electrons. The number of aromatic nitrogens is 2. The fraction of sp³-hybridized carbons (Fsp3) is 0.0870. The molecule has 1 atom stereocenters. The van der Waals surface area contributed by atoms with Crippen LogP contribution in [0.5, 0.6) is 0 Å². The Hall–Kier alpha value is -6.62. The van der Waals surface area contributed by atoms with Gasteiger partial charge in [0, 0.05) is 27.6 Å². The summed E-state index contributed by atoms with van der Waals surface area (Å²) >= 11 is 0. The van der Waals surface area contributed by atoms with Crippen molar-refractivity contribution in [2.75, 3.05) is 0 Å². The van der Waals surface area contributed by atoms with Gasteiger partial charge in [0.2, 0.25) is 0 Å². The molecule has 50 heavy (non-hydrogen) atoms. The fourth-order valence-corrected chi connectivity index (χ4v) is 7.64. The Labute approximate surface area is 292 Å². The van der Waals surface area contributed by atoms with E-state index in [4.69, 9.17) is 0 Å². The highest BCUT2D eigenvalue weighted by Gasteiger charge is 2.30. The number of rotatable bonds is 6. The number of para-hydroxylation sites is 3. The standard InChI is InChI=1S/C46H34N4/c1-4-14-40-33(5-2)36-17-8-11-20-41(36)50(40)45-27-31(23-24-32(45)29-47)34-15-6-7-16-35(34)37-18-9-12-21-42(37)49-43-22-13-10-19-38(43)39-28-46(3,30-48)26-25-44(39)49/h4-27H,2,28H2,1,3H3/b14-4-. The van der Waals surface area contributed by atoms with Crippen LogP contribution in [0.2, 0.25) is 0 Å². The summed E-state index contributed by atoms with van der Waals surface area (Å²) in [6.07, 6.45) is 10.8. The van der Waals surface area contributed by atoms with Crippen LogP contribution in [0.3, 0.4) is 0 Å². The third kappa shape index (κ3) is 4.73. The van der Waals surface area contributed by atoms with Gasteiger partial charge in [-0.3, -0.25) is 0 Å². The van der Waals surface area contributed by atoms with Crippen LogP contribution in [-0.2, 0) is 6.42 Å². The highest BCUT2D eigenvalue weighted by atomic mass is 15.0. The van der Waals surface area contributed by atoms with E-state index in [9.17, 15) is 10.5 Å². The molecule has 0 spiro atoms. The molecule has 0 N–H and O–H groups in total. The van der Waals surface area contributed by atoms with Gasteiger partial charge in [-0.05, 0) is 85.0 Å². The lowest BCUT2D eigenvalue weighted by atomic mass is 9.80. The zero-order valence-corrected chi connectivity index (χ0v) is 28.1. The molecule has 1 unspecified atom stereocenters. The number of nitriles is 2. The predicted molar refractivity (Wildman–Crippen MR) is 207 cm³/mol. The predicted octanol–water partition coefficient (Wildman–Crippen LogP) is 11.6. The lowest BCUT2D eigenvalue weighted by molar-refractivity contribution is 0.562. The Balaban J connectivity index is 1.36. The molecule has 238 valence electrons. The summed E-state index contributed by atoms with van der Waals surface area (Å²) in [5, 5.41) is 22.6. The van der Waals surface area contributed by atoms with E-state index in [1.54, 1.807) is 0 Å². The zero-order valence-electron chi connectivity index (χ0n) is 28.1. The van der Waals surface area contributed by atoms with Gasteiger partial charge >= 0.3 is 0 Å². The van der Waals surface area contributed by atoms with Crippen LogP contribution in [0.25, 0.3) is 73.7 Å². The molecule has 8 rings (SSSR count). The van der Waals surface area contributed by atoms with Crippen molar-refractivity contribution in [3.8, 4) is 45.8 Å². The Bertz CT molecular complexity index is 2650. The molecule has 0 saturated heterocycles. The van der Waals surface area contributed by atoms with Gasteiger partial charge in [-0.25, -0.2) is 0 Å². The zero-order chi connectivity index (χ0) is 34.4. The highest BCUT2D eigenvalue weighted by Crippen LogP contribution is 2.43. The van der Waals surface area contributed by atoms with E-state index in [0.29, 0.717) is 12.0 Å². The summed E-state index contributed by atoms with van der Waals surface area (Å²) in [6, 6.07) is 44.9. The quantitative estimate of drug-likeness (QED) is 0.181. The molecule has 2 heterocycles. The molecule has 1 aliphatic rings.